The molecule has 0 aliphatic carbocycles. The van der Waals surface area contributed by atoms with E-state index in [1.54, 1.807) is 42.9 Å². The largest absolute Gasteiger partial charge is 0.434 e. The average Bonchev–Trinajstić information content (AvgIpc) is 2.88. The number of para-hydroxylation sites is 1. The van der Waals surface area contributed by atoms with Crippen LogP contribution in [0.2, 0.25) is 0 Å². The number of rotatable bonds is 8. The second kappa shape index (κ2) is 10.8. The fraction of sp³-hybridized carbons (Fsp3) is 0.304. The summed E-state index contributed by atoms with van der Waals surface area (Å²) in [6.07, 6.45) is 4.96. The molecule has 178 valence electrons. The van der Waals surface area contributed by atoms with Crippen LogP contribution in [-0.2, 0) is 11.3 Å². The SMILES string of the molecule is CNC(=O)c1ncc(-c2cnc(N3CCOCC3)nc2)cc1NCc1ccccc1OC(F)F. The maximum Gasteiger partial charge on any atom is 0.387 e. The zero-order valence-electron chi connectivity index (χ0n) is 18.5. The molecule has 0 bridgehead atoms. The molecule has 1 aromatic carbocycles. The summed E-state index contributed by atoms with van der Waals surface area (Å²) in [6.45, 7) is -0.0654. The first kappa shape index (κ1) is 23.3. The molecule has 2 aromatic heterocycles. The number of ether oxygens (including phenoxy) is 2. The number of carbonyl (C=O) groups excluding carboxylic acids is 1. The Morgan fingerprint density at radius 3 is 2.53 bits per heavy atom. The van der Waals surface area contributed by atoms with Crippen molar-refractivity contribution in [3.8, 4) is 16.9 Å². The summed E-state index contributed by atoms with van der Waals surface area (Å²) in [5, 5.41) is 5.68. The molecule has 2 N–H and O–H groups in total. The van der Waals surface area contributed by atoms with Gasteiger partial charge in [-0.2, -0.15) is 8.78 Å². The van der Waals surface area contributed by atoms with Crippen LogP contribution >= 0.6 is 0 Å². The standard InChI is InChI=1S/C23H24F2N6O3/c1-26-21(32)20-18(27-11-15-4-2-3-5-19(15)34-22(24)25)10-16(12-28-20)17-13-29-23(30-14-17)31-6-8-33-9-7-31/h2-5,10,12-14,22,27H,6-9,11H2,1H3,(H,26,32). The van der Waals surface area contributed by atoms with Crippen LogP contribution in [0.3, 0.4) is 0 Å². The number of nitrogens with one attached hydrogen (secondary N) is 2. The van der Waals surface area contributed by atoms with Crippen molar-refractivity contribution in [1.82, 2.24) is 20.3 Å². The number of hydrogen-bond donors (Lipinski definition) is 2. The monoisotopic (exact) mass is 470 g/mol. The first-order valence-corrected chi connectivity index (χ1v) is 10.7. The van der Waals surface area contributed by atoms with Crippen molar-refractivity contribution in [3.05, 3.63) is 60.2 Å². The minimum atomic E-state index is -2.94. The molecule has 4 rings (SSSR count). The van der Waals surface area contributed by atoms with E-state index in [0.29, 0.717) is 36.0 Å². The van der Waals surface area contributed by atoms with E-state index >= 15 is 0 Å². The third-order valence-corrected chi connectivity index (χ3v) is 5.25. The molecule has 3 heterocycles. The number of aromatic nitrogens is 3. The highest BCUT2D eigenvalue weighted by molar-refractivity contribution is 5.98. The zero-order valence-corrected chi connectivity index (χ0v) is 18.5. The second-order valence-electron chi connectivity index (χ2n) is 7.41. The lowest BCUT2D eigenvalue weighted by atomic mass is 10.1. The fourth-order valence-electron chi connectivity index (χ4n) is 3.50. The van der Waals surface area contributed by atoms with Crippen molar-refractivity contribution in [1.29, 1.82) is 0 Å². The quantitative estimate of drug-likeness (QED) is 0.518. The third-order valence-electron chi connectivity index (χ3n) is 5.25. The summed E-state index contributed by atoms with van der Waals surface area (Å²) in [4.78, 5) is 27.6. The van der Waals surface area contributed by atoms with Gasteiger partial charge in [-0.05, 0) is 12.1 Å². The number of hydrogen-bond acceptors (Lipinski definition) is 8. The minimum Gasteiger partial charge on any atom is -0.434 e. The molecule has 1 fully saturated rings. The molecular weight excluding hydrogens is 446 g/mol. The van der Waals surface area contributed by atoms with Crippen LogP contribution < -0.4 is 20.3 Å². The second-order valence-corrected chi connectivity index (χ2v) is 7.41. The molecular formula is C23H24F2N6O3. The number of morpholine rings is 1. The lowest BCUT2D eigenvalue weighted by molar-refractivity contribution is -0.0504. The van der Waals surface area contributed by atoms with Gasteiger partial charge in [0.15, 0.2) is 5.69 Å². The Morgan fingerprint density at radius 1 is 1.12 bits per heavy atom. The van der Waals surface area contributed by atoms with Crippen molar-refractivity contribution in [3.63, 3.8) is 0 Å². The Labute approximate surface area is 195 Å². The smallest absolute Gasteiger partial charge is 0.387 e. The predicted octanol–water partition coefficient (Wildman–Crippen LogP) is 2.95. The Hall–Kier alpha value is -3.86. The van der Waals surface area contributed by atoms with E-state index in [2.05, 4.69) is 30.3 Å². The zero-order chi connectivity index (χ0) is 23.9. The van der Waals surface area contributed by atoms with Crippen molar-refractivity contribution < 1.29 is 23.0 Å². The van der Waals surface area contributed by atoms with Crippen molar-refractivity contribution in [2.45, 2.75) is 13.2 Å². The van der Waals surface area contributed by atoms with E-state index in [-0.39, 0.29) is 23.9 Å². The number of amides is 1. The van der Waals surface area contributed by atoms with Gasteiger partial charge >= 0.3 is 6.61 Å². The number of halogens is 2. The minimum absolute atomic E-state index is 0.0581. The van der Waals surface area contributed by atoms with Crippen LogP contribution in [0.25, 0.3) is 11.1 Å². The van der Waals surface area contributed by atoms with Crippen LogP contribution in [-0.4, -0.2) is 60.8 Å². The lowest BCUT2D eigenvalue weighted by Gasteiger charge is -2.26. The average molecular weight is 470 g/mol. The molecule has 1 saturated heterocycles. The highest BCUT2D eigenvalue weighted by Crippen LogP contribution is 2.26. The van der Waals surface area contributed by atoms with Crippen LogP contribution in [0, 0.1) is 0 Å². The summed E-state index contributed by atoms with van der Waals surface area (Å²) < 4.78 is 35.4. The first-order valence-electron chi connectivity index (χ1n) is 10.7. The molecule has 1 amide bonds. The molecule has 1 aliphatic rings. The molecule has 1 aliphatic heterocycles. The van der Waals surface area contributed by atoms with Crippen LogP contribution in [0.4, 0.5) is 20.4 Å². The van der Waals surface area contributed by atoms with E-state index in [0.717, 1.165) is 18.7 Å². The van der Waals surface area contributed by atoms with Crippen LogP contribution in [0.5, 0.6) is 5.75 Å². The van der Waals surface area contributed by atoms with E-state index < -0.39 is 6.61 Å². The summed E-state index contributed by atoms with van der Waals surface area (Å²) in [5.74, 6) is 0.295. The maximum atomic E-state index is 12.7. The number of carbonyl (C=O) groups is 1. The van der Waals surface area contributed by atoms with E-state index in [1.165, 1.54) is 13.1 Å². The van der Waals surface area contributed by atoms with Gasteiger partial charge in [-0.1, -0.05) is 18.2 Å². The number of pyridine rings is 1. The molecule has 0 spiro atoms. The molecule has 0 saturated carbocycles. The van der Waals surface area contributed by atoms with Crippen molar-refractivity contribution in [2.75, 3.05) is 43.6 Å². The van der Waals surface area contributed by atoms with E-state index in [1.807, 2.05) is 4.90 Å². The van der Waals surface area contributed by atoms with Gasteiger partial charge in [-0.3, -0.25) is 4.79 Å². The van der Waals surface area contributed by atoms with Gasteiger partial charge in [0.25, 0.3) is 5.91 Å². The van der Waals surface area contributed by atoms with Gasteiger partial charge in [-0.15, -0.1) is 0 Å². The van der Waals surface area contributed by atoms with Crippen LogP contribution in [0.15, 0.2) is 48.9 Å². The molecule has 11 heteroatoms. The summed E-state index contributed by atoms with van der Waals surface area (Å²) >= 11 is 0. The number of alkyl halides is 2. The van der Waals surface area contributed by atoms with Gasteiger partial charge in [0, 0.05) is 62.0 Å². The fourth-order valence-corrected chi connectivity index (χ4v) is 3.50. The summed E-state index contributed by atoms with van der Waals surface area (Å²) in [6, 6.07) is 8.21. The van der Waals surface area contributed by atoms with E-state index in [9.17, 15) is 13.6 Å². The molecule has 3 aromatic rings. The topological polar surface area (TPSA) is 102 Å². The Balaban J connectivity index is 1.58. The van der Waals surface area contributed by atoms with Crippen LogP contribution in [0.1, 0.15) is 16.1 Å². The van der Waals surface area contributed by atoms with Gasteiger partial charge in [0.1, 0.15) is 5.75 Å². The molecule has 0 unspecified atom stereocenters. The van der Waals surface area contributed by atoms with Crippen molar-refractivity contribution >= 4 is 17.5 Å². The highest BCUT2D eigenvalue weighted by Gasteiger charge is 2.17. The Bertz CT molecular complexity index is 1120. The predicted molar refractivity (Wildman–Crippen MR) is 122 cm³/mol. The van der Waals surface area contributed by atoms with Gasteiger partial charge in [-0.25, -0.2) is 15.0 Å². The normalized spacial score (nSPS) is 13.6. The van der Waals surface area contributed by atoms with Gasteiger partial charge in [0.2, 0.25) is 5.95 Å². The van der Waals surface area contributed by atoms with Gasteiger partial charge < -0.3 is 25.0 Å². The Kier molecular flexibility index (Phi) is 7.43. The first-order chi connectivity index (χ1) is 16.5. The van der Waals surface area contributed by atoms with E-state index in [4.69, 9.17) is 4.74 Å². The summed E-state index contributed by atoms with van der Waals surface area (Å²) in [7, 11) is 1.51. The molecule has 0 radical (unpaired) electrons. The molecule has 34 heavy (non-hydrogen) atoms. The Morgan fingerprint density at radius 2 is 1.82 bits per heavy atom. The van der Waals surface area contributed by atoms with Gasteiger partial charge in [0.05, 0.1) is 18.9 Å². The molecule has 9 nitrogen and oxygen atoms in total. The lowest BCUT2D eigenvalue weighted by Crippen LogP contribution is -2.37. The number of benzene rings is 1. The maximum absolute atomic E-state index is 12.7. The molecule has 0 atom stereocenters. The third kappa shape index (κ3) is 5.54. The number of anilines is 2. The summed E-state index contributed by atoms with van der Waals surface area (Å²) in [5.41, 5.74) is 2.53. The number of nitrogens with zero attached hydrogens (tertiary/aromatic N) is 4. The highest BCUT2D eigenvalue weighted by atomic mass is 19.3. The van der Waals surface area contributed by atoms with Crippen molar-refractivity contribution in [2.24, 2.45) is 0 Å².